The van der Waals surface area contributed by atoms with Crippen molar-refractivity contribution in [2.75, 3.05) is 59.0 Å². The molecule has 4 heterocycles. The van der Waals surface area contributed by atoms with Crippen molar-refractivity contribution in [2.24, 2.45) is 0 Å². The Kier molecular flexibility index (Phi) is 8.89. The molecule has 4 saturated heterocycles. The number of carbonyl (C=O) groups excluding carboxylic acids is 1. The number of nitrogens with one attached hydrogen (secondary N) is 2. The Morgan fingerprint density at radius 2 is 1.22 bits per heavy atom. The number of hydrogen-bond donors (Lipinski definition) is 2. The number of ether oxygens (including phenoxy) is 2. The fourth-order valence-corrected chi connectivity index (χ4v) is 5.85. The molecular weight excluding hydrogens is 464 g/mol. The smallest absolute Gasteiger partial charge is 0.246 e. The summed E-state index contributed by atoms with van der Waals surface area (Å²) in [5.74, 6) is 0.0114. The Morgan fingerprint density at radius 1 is 0.703 bits per heavy atom. The third kappa shape index (κ3) is 7.39. The predicted molar refractivity (Wildman–Crippen MR) is 145 cm³/mol. The Bertz CT molecular complexity index is 951. The zero-order chi connectivity index (χ0) is 25.4. The highest BCUT2D eigenvalue weighted by Crippen LogP contribution is 2.29. The maximum atomic E-state index is 11.1. The third-order valence-corrected chi connectivity index (χ3v) is 8.28. The maximum absolute atomic E-state index is 11.1. The van der Waals surface area contributed by atoms with E-state index in [9.17, 15) is 4.79 Å². The molecule has 7 nitrogen and oxygen atoms in total. The Morgan fingerprint density at radius 3 is 1.65 bits per heavy atom. The first-order valence-corrected chi connectivity index (χ1v) is 13.9. The number of nitrogens with zero attached hydrogens (tertiary/aromatic N) is 2. The summed E-state index contributed by atoms with van der Waals surface area (Å²) in [6.07, 6.45) is 4.32. The molecule has 6 rings (SSSR count). The molecule has 4 fully saturated rings. The molecule has 0 atom stereocenters. The minimum absolute atomic E-state index is 0.0114. The molecule has 0 aromatic heterocycles. The SMILES string of the molecule is O=C1COC2(CCN(Cc3ccccc3)CC2)CN1.c1ccc(CN2CCC3(CC2)CNCCO3)cc1. The van der Waals surface area contributed by atoms with Gasteiger partial charge in [-0.15, -0.1) is 0 Å². The van der Waals surface area contributed by atoms with Crippen LogP contribution in [0.5, 0.6) is 0 Å². The summed E-state index contributed by atoms with van der Waals surface area (Å²) in [5, 5.41) is 6.39. The van der Waals surface area contributed by atoms with Crippen LogP contribution in [0.1, 0.15) is 36.8 Å². The molecule has 4 aliphatic heterocycles. The number of rotatable bonds is 4. The standard InChI is InChI=1S/C15H20N2O2.C15H22N2O/c18-14-11-19-15(12-16-14)6-8-17(9-7-15)10-13-4-2-1-3-5-13;1-2-4-14(5-3-1)12-17-9-6-15(7-10-17)13-16-8-11-18-15/h1-5H,6-12H2,(H,16,18);1-5,16H,6-13H2. The second-order valence-corrected chi connectivity index (χ2v) is 11.0. The average molecular weight is 507 g/mol. The van der Waals surface area contributed by atoms with Crippen LogP contribution in [0.25, 0.3) is 0 Å². The summed E-state index contributed by atoms with van der Waals surface area (Å²) >= 11 is 0. The van der Waals surface area contributed by atoms with Crippen LogP contribution in [-0.4, -0.2) is 85.9 Å². The van der Waals surface area contributed by atoms with Crippen molar-refractivity contribution in [1.29, 1.82) is 0 Å². The zero-order valence-corrected chi connectivity index (χ0v) is 22.0. The molecule has 2 aromatic rings. The van der Waals surface area contributed by atoms with E-state index >= 15 is 0 Å². The number of hydrogen-bond acceptors (Lipinski definition) is 6. The lowest BCUT2D eigenvalue weighted by molar-refractivity contribution is -0.150. The summed E-state index contributed by atoms with van der Waals surface area (Å²) in [5.41, 5.74) is 2.79. The minimum Gasteiger partial charge on any atom is -0.372 e. The summed E-state index contributed by atoms with van der Waals surface area (Å²) < 4.78 is 11.8. The second-order valence-electron chi connectivity index (χ2n) is 11.0. The van der Waals surface area contributed by atoms with Crippen LogP contribution in [0, 0.1) is 0 Å². The van der Waals surface area contributed by atoms with Gasteiger partial charge < -0.3 is 20.1 Å². The van der Waals surface area contributed by atoms with Gasteiger partial charge in [-0.05, 0) is 36.8 Å². The molecular formula is C30H42N4O3. The monoisotopic (exact) mass is 506 g/mol. The molecule has 0 unspecified atom stereocenters. The van der Waals surface area contributed by atoms with Gasteiger partial charge in [0.1, 0.15) is 6.61 Å². The van der Waals surface area contributed by atoms with Gasteiger partial charge in [-0.1, -0.05) is 60.7 Å². The molecule has 2 N–H and O–H groups in total. The van der Waals surface area contributed by atoms with Crippen LogP contribution in [-0.2, 0) is 27.4 Å². The van der Waals surface area contributed by atoms with Crippen LogP contribution < -0.4 is 10.6 Å². The van der Waals surface area contributed by atoms with Gasteiger partial charge in [0.15, 0.2) is 0 Å². The molecule has 4 aliphatic rings. The fourth-order valence-electron chi connectivity index (χ4n) is 5.85. The van der Waals surface area contributed by atoms with Crippen molar-refractivity contribution in [1.82, 2.24) is 20.4 Å². The number of piperidine rings is 2. The Hall–Kier alpha value is -2.29. The Balaban J connectivity index is 0.000000152. The topological polar surface area (TPSA) is 66.1 Å². The summed E-state index contributed by atoms with van der Waals surface area (Å²) in [4.78, 5) is 16.1. The number of morpholine rings is 2. The molecule has 0 bridgehead atoms. The lowest BCUT2D eigenvalue weighted by atomic mass is 9.90. The molecule has 0 saturated carbocycles. The summed E-state index contributed by atoms with van der Waals surface area (Å²) in [7, 11) is 0. The molecule has 7 heteroatoms. The molecule has 0 aliphatic carbocycles. The van der Waals surface area contributed by atoms with E-state index in [0.29, 0.717) is 6.54 Å². The van der Waals surface area contributed by atoms with Crippen molar-refractivity contribution < 1.29 is 14.3 Å². The molecule has 200 valence electrons. The fraction of sp³-hybridized carbons (Fsp3) is 0.567. The van der Waals surface area contributed by atoms with Gasteiger partial charge in [-0.2, -0.15) is 0 Å². The van der Waals surface area contributed by atoms with Gasteiger partial charge >= 0.3 is 0 Å². The number of amides is 1. The van der Waals surface area contributed by atoms with E-state index in [4.69, 9.17) is 9.47 Å². The van der Waals surface area contributed by atoms with Crippen LogP contribution in [0.3, 0.4) is 0 Å². The van der Waals surface area contributed by atoms with Gasteiger partial charge in [0.25, 0.3) is 0 Å². The van der Waals surface area contributed by atoms with Gasteiger partial charge in [-0.25, -0.2) is 0 Å². The first-order chi connectivity index (χ1) is 18.1. The number of carbonyl (C=O) groups is 1. The summed E-state index contributed by atoms with van der Waals surface area (Å²) in [6, 6.07) is 21.3. The van der Waals surface area contributed by atoms with Crippen LogP contribution in [0.4, 0.5) is 0 Å². The minimum atomic E-state index is -0.110. The molecule has 1 amide bonds. The van der Waals surface area contributed by atoms with Crippen LogP contribution in [0.15, 0.2) is 60.7 Å². The summed E-state index contributed by atoms with van der Waals surface area (Å²) in [6.45, 7) is 10.3. The van der Waals surface area contributed by atoms with E-state index in [1.54, 1.807) is 0 Å². The first-order valence-electron chi connectivity index (χ1n) is 13.9. The Labute approximate surface area is 221 Å². The third-order valence-electron chi connectivity index (χ3n) is 8.28. The van der Waals surface area contributed by atoms with Crippen molar-refractivity contribution in [3.05, 3.63) is 71.8 Å². The number of benzene rings is 2. The lowest BCUT2D eigenvalue weighted by Gasteiger charge is -2.44. The van der Waals surface area contributed by atoms with Gasteiger partial charge in [0.2, 0.25) is 5.91 Å². The van der Waals surface area contributed by atoms with E-state index in [0.717, 1.165) is 84.6 Å². The highest BCUT2D eigenvalue weighted by Gasteiger charge is 2.39. The van der Waals surface area contributed by atoms with E-state index in [1.807, 2.05) is 6.07 Å². The van der Waals surface area contributed by atoms with E-state index in [2.05, 4.69) is 75.0 Å². The van der Waals surface area contributed by atoms with Crippen molar-refractivity contribution >= 4 is 5.91 Å². The van der Waals surface area contributed by atoms with Crippen molar-refractivity contribution in [3.8, 4) is 0 Å². The highest BCUT2D eigenvalue weighted by molar-refractivity contribution is 5.78. The largest absolute Gasteiger partial charge is 0.372 e. The quantitative estimate of drug-likeness (QED) is 0.665. The molecule has 2 aromatic carbocycles. The molecule has 37 heavy (non-hydrogen) atoms. The maximum Gasteiger partial charge on any atom is 0.246 e. The second kappa shape index (κ2) is 12.5. The first kappa shape index (κ1) is 26.3. The van der Waals surface area contributed by atoms with Crippen LogP contribution in [0.2, 0.25) is 0 Å². The normalized spacial score (nSPS) is 23.7. The van der Waals surface area contributed by atoms with Gasteiger partial charge in [-0.3, -0.25) is 14.6 Å². The zero-order valence-electron chi connectivity index (χ0n) is 22.0. The number of likely N-dealkylation sites (tertiary alicyclic amines) is 2. The molecule has 0 radical (unpaired) electrons. The van der Waals surface area contributed by atoms with E-state index in [-0.39, 0.29) is 23.7 Å². The lowest BCUT2D eigenvalue weighted by Crippen LogP contribution is -2.57. The predicted octanol–water partition coefficient (Wildman–Crippen LogP) is 2.81. The molecule has 2 spiro atoms. The average Bonchev–Trinajstić information content (AvgIpc) is 2.95. The van der Waals surface area contributed by atoms with Gasteiger partial charge in [0, 0.05) is 58.9 Å². The van der Waals surface area contributed by atoms with E-state index < -0.39 is 0 Å². The highest BCUT2D eigenvalue weighted by atomic mass is 16.5. The van der Waals surface area contributed by atoms with E-state index in [1.165, 1.54) is 11.1 Å². The van der Waals surface area contributed by atoms with Crippen molar-refractivity contribution in [2.45, 2.75) is 50.0 Å². The van der Waals surface area contributed by atoms with Crippen LogP contribution >= 0.6 is 0 Å². The van der Waals surface area contributed by atoms with Crippen molar-refractivity contribution in [3.63, 3.8) is 0 Å². The van der Waals surface area contributed by atoms with Gasteiger partial charge in [0.05, 0.1) is 17.8 Å².